The molecule has 0 amide bonds. The second kappa shape index (κ2) is 5.58. The zero-order valence-corrected chi connectivity index (χ0v) is 11.4. The fraction of sp³-hybridized carbons (Fsp3) is 0.0625. The van der Waals surface area contributed by atoms with Crippen LogP contribution in [0.15, 0.2) is 54.6 Å². The van der Waals surface area contributed by atoms with Crippen molar-refractivity contribution in [3.8, 4) is 5.75 Å². The number of methoxy groups -OCH3 is 1. The molecule has 0 bridgehead atoms. The molecule has 104 valence electrons. The molecule has 5 heteroatoms. The monoisotopic (exact) mass is 279 g/mol. The van der Waals surface area contributed by atoms with Crippen molar-refractivity contribution < 1.29 is 9.53 Å². The molecule has 2 aromatic carbocycles. The summed E-state index contributed by atoms with van der Waals surface area (Å²) >= 11 is 0. The van der Waals surface area contributed by atoms with Gasteiger partial charge in [0.1, 0.15) is 11.3 Å². The van der Waals surface area contributed by atoms with Crippen molar-refractivity contribution >= 4 is 23.0 Å². The number of hydrogen-bond acceptors (Lipinski definition) is 4. The van der Waals surface area contributed by atoms with Gasteiger partial charge in [-0.1, -0.05) is 35.5 Å². The summed E-state index contributed by atoms with van der Waals surface area (Å²) in [6.45, 7) is 0. The zero-order valence-electron chi connectivity index (χ0n) is 11.4. The highest BCUT2D eigenvalue weighted by Gasteiger charge is 2.10. The quantitative estimate of drug-likeness (QED) is 0.692. The van der Waals surface area contributed by atoms with Gasteiger partial charge in [0.2, 0.25) is 0 Å². The maximum atomic E-state index is 12.2. The molecule has 0 saturated heterocycles. The van der Waals surface area contributed by atoms with Gasteiger partial charge >= 0.3 is 0 Å². The van der Waals surface area contributed by atoms with Crippen molar-refractivity contribution in [2.45, 2.75) is 0 Å². The average molecular weight is 279 g/mol. The summed E-state index contributed by atoms with van der Waals surface area (Å²) in [4.78, 5) is 12.2. The van der Waals surface area contributed by atoms with Gasteiger partial charge in [-0.05, 0) is 23.8 Å². The second-order valence-electron chi connectivity index (χ2n) is 4.44. The van der Waals surface area contributed by atoms with Crippen molar-refractivity contribution in [1.29, 1.82) is 0 Å². The van der Waals surface area contributed by atoms with Crippen LogP contribution in [0.1, 0.15) is 10.4 Å². The predicted octanol–water partition coefficient (Wildman–Crippen LogP) is 2.79. The molecular formula is C16H13N3O2. The zero-order chi connectivity index (χ0) is 14.7. The van der Waals surface area contributed by atoms with Crippen molar-refractivity contribution in [2.75, 3.05) is 7.11 Å². The summed E-state index contributed by atoms with van der Waals surface area (Å²) in [6.07, 6.45) is 3.23. The first-order valence-electron chi connectivity index (χ1n) is 6.45. The van der Waals surface area contributed by atoms with E-state index < -0.39 is 0 Å². The van der Waals surface area contributed by atoms with Gasteiger partial charge < -0.3 is 4.74 Å². The van der Waals surface area contributed by atoms with Gasteiger partial charge in [-0.2, -0.15) is 4.68 Å². The average Bonchev–Trinajstić information content (AvgIpc) is 2.96. The number of fused-ring (bicyclic) bond motifs is 1. The summed E-state index contributed by atoms with van der Waals surface area (Å²) in [7, 11) is 1.58. The molecule has 1 heterocycles. The Morgan fingerprint density at radius 1 is 1.19 bits per heavy atom. The van der Waals surface area contributed by atoms with E-state index in [4.69, 9.17) is 4.74 Å². The number of aromatic nitrogens is 3. The molecule has 3 aromatic rings. The Balaban J connectivity index is 1.90. The SMILES string of the molecule is COc1ccc2c(c1)nnn2C(=O)/C=C\c1ccccc1. The van der Waals surface area contributed by atoms with Crippen molar-refractivity contribution in [3.05, 3.63) is 60.2 Å². The molecule has 0 unspecified atom stereocenters. The topological polar surface area (TPSA) is 57.0 Å². The van der Waals surface area contributed by atoms with E-state index >= 15 is 0 Å². The standard InChI is InChI=1S/C16H13N3O2/c1-21-13-8-9-15-14(11-13)17-18-19(15)16(20)10-7-12-5-3-2-4-6-12/h2-11H,1H3/b10-7-. The van der Waals surface area contributed by atoms with Crippen LogP contribution >= 0.6 is 0 Å². The number of carbonyl (C=O) groups excluding carboxylic acids is 1. The van der Waals surface area contributed by atoms with Crippen LogP contribution in [0.3, 0.4) is 0 Å². The minimum atomic E-state index is -0.244. The van der Waals surface area contributed by atoms with Gasteiger partial charge in [-0.15, -0.1) is 5.10 Å². The largest absolute Gasteiger partial charge is 0.497 e. The molecule has 0 aliphatic carbocycles. The lowest BCUT2D eigenvalue weighted by atomic mass is 10.2. The third-order valence-corrected chi connectivity index (χ3v) is 3.08. The molecule has 0 fully saturated rings. The van der Waals surface area contributed by atoms with E-state index in [9.17, 15) is 4.79 Å². The van der Waals surface area contributed by atoms with Gasteiger partial charge in [0.15, 0.2) is 0 Å². The van der Waals surface area contributed by atoms with E-state index in [2.05, 4.69) is 10.3 Å². The summed E-state index contributed by atoms with van der Waals surface area (Å²) < 4.78 is 6.39. The van der Waals surface area contributed by atoms with E-state index in [-0.39, 0.29) is 5.91 Å². The Morgan fingerprint density at radius 3 is 2.76 bits per heavy atom. The van der Waals surface area contributed by atoms with Gasteiger partial charge in [-0.3, -0.25) is 4.79 Å². The summed E-state index contributed by atoms with van der Waals surface area (Å²) in [5, 5.41) is 7.87. The predicted molar refractivity (Wildman–Crippen MR) is 80.2 cm³/mol. The first kappa shape index (κ1) is 13.1. The van der Waals surface area contributed by atoms with E-state index in [0.29, 0.717) is 16.8 Å². The third kappa shape index (κ3) is 2.67. The highest BCUT2D eigenvalue weighted by molar-refractivity contribution is 5.98. The van der Waals surface area contributed by atoms with Gasteiger partial charge in [0.25, 0.3) is 5.91 Å². The number of hydrogen-bond donors (Lipinski definition) is 0. The van der Waals surface area contributed by atoms with E-state index in [1.54, 1.807) is 31.4 Å². The van der Waals surface area contributed by atoms with Gasteiger partial charge in [-0.25, -0.2) is 0 Å². The number of ether oxygens (including phenoxy) is 1. The van der Waals surface area contributed by atoms with Gasteiger partial charge in [0, 0.05) is 12.1 Å². The molecule has 0 aliphatic heterocycles. The molecule has 3 rings (SSSR count). The Labute approximate surface area is 121 Å². The van der Waals surface area contributed by atoms with E-state index in [1.807, 2.05) is 30.3 Å². The number of rotatable bonds is 3. The van der Waals surface area contributed by atoms with Crippen LogP contribution in [0.25, 0.3) is 17.1 Å². The Morgan fingerprint density at radius 2 is 2.00 bits per heavy atom. The summed E-state index contributed by atoms with van der Waals surface area (Å²) in [5.41, 5.74) is 2.23. The van der Waals surface area contributed by atoms with E-state index in [1.165, 1.54) is 10.8 Å². The first-order valence-corrected chi connectivity index (χ1v) is 6.45. The summed E-state index contributed by atoms with van der Waals surface area (Å²) in [6, 6.07) is 14.9. The van der Waals surface area contributed by atoms with Crippen LogP contribution < -0.4 is 4.74 Å². The molecule has 0 radical (unpaired) electrons. The van der Waals surface area contributed by atoms with Crippen molar-refractivity contribution in [1.82, 2.24) is 15.0 Å². The van der Waals surface area contributed by atoms with Crippen LogP contribution in [0.2, 0.25) is 0 Å². The fourth-order valence-electron chi connectivity index (χ4n) is 2.00. The van der Waals surface area contributed by atoms with E-state index in [0.717, 1.165) is 5.56 Å². The lowest BCUT2D eigenvalue weighted by Crippen LogP contribution is -2.08. The van der Waals surface area contributed by atoms with Crippen LogP contribution in [0, 0.1) is 0 Å². The molecule has 21 heavy (non-hydrogen) atoms. The van der Waals surface area contributed by atoms with Crippen LogP contribution in [-0.2, 0) is 0 Å². The number of benzene rings is 2. The van der Waals surface area contributed by atoms with Crippen LogP contribution in [0.5, 0.6) is 5.75 Å². The molecule has 0 spiro atoms. The molecular weight excluding hydrogens is 266 g/mol. The fourth-order valence-corrected chi connectivity index (χ4v) is 2.00. The molecule has 0 atom stereocenters. The normalized spacial score (nSPS) is 11.1. The third-order valence-electron chi connectivity index (χ3n) is 3.08. The number of allylic oxidation sites excluding steroid dienone is 1. The molecule has 0 aliphatic rings. The maximum Gasteiger partial charge on any atom is 0.272 e. The van der Waals surface area contributed by atoms with Crippen LogP contribution in [0.4, 0.5) is 0 Å². The maximum absolute atomic E-state index is 12.2. The van der Waals surface area contributed by atoms with Gasteiger partial charge in [0.05, 0.1) is 12.6 Å². The Kier molecular flexibility index (Phi) is 3.47. The lowest BCUT2D eigenvalue weighted by molar-refractivity contribution is 0.0958. The molecule has 0 saturated carbocycles. The summed E-state index contributed by atoms with van der Waals surface area (Å²) in [5.74, 6) is 0.438. The van der Waals surface area contributed by atoms with Crippen molar-refractivity contribution in [3.63, 3.8) is 0 Å². The Bertz CT molecular complexity index is 807. The second-order valence-corrected chi connectivity index (χ2v) is 4.44. The van der Waals surface area contributed by atoms with Crippen LogP contribution in [-0.4, -0.2) is 28.0 Å². The molecule has 0 N–H and O–H groups in total. The number of nitrogens with zero attached hydrogens (tertiary/aromatic N) is 3. The highest BCUT2D eigenvalue weighted by Crippen LogP contribution is 2.18. The minimum absolute atomic E-state index is 0.244. The first-order chi connectivity index (χ1) is 10.3. The highest BCUT2D eigenvalue weighted by atomic mass is 16.5. The minimum Gasteiger partial charge on any atom is -0.497 e. The van der Waals surface area contributed by atoms with Crippen molar-refractivity contribution in [2.24, 2.45) is 0 Å². The Hall–Kier alpha value is -2.95. The smallest absolute Gasteiger partial charge is 0.272 e. The number of carbonyl (C=O) groups is 1. The molecule has 1 aromatic heterocycles. The molecule has 5 nitrogen and oxygen atoms in total. The lowest BCUT2D eigenvalue weighted by Gasteiger charge is -1.99.